The Balaban J connectivity index is 1.85. The van der Waals surface area contributed by atoms with E-state index in [1.165, 1.54) is 0 Å². The largest absolute Gasteiger partial charge is 0.393 e. The van der Waals surface area contributed by atoms with Gasteiger partial charge in [-0.3, -0.25) is 4.68 Å². The van der Waals surface area contributed by atoms with Crippen molar-refractivity contribution < 1.29 is 5.11 Å². The second-order valence-corrected chi connectivity index (χ2v) is 5.96. The van der Waals surface area contributed by atoms with Crippen LogP contribution in [0.15, 0.2) is 24.5 Å². The molecule has 1 aliphatic rings. The van der Waals surface area contributed by atoms with Gasteiger partial charge >= 0.3 is 0 Å². The van der Waals surface area contributed by atoms with Crippen LogP contribution in [-0.2, 0) is 7.05 Å². The SMILES string of the molecule is Cn1ccc(-c2cnc(Cl)cc2NC2CCC(O)CC2)n1. The zero-order valence-corrected chi connectivity index (χ0v) is 12.7. The van der Waals surface area contributed by atoms with Gasteiger partial charge in [0.05, 0.1) is 11.8 Å². The second kappa shape index (κ2) is 6.03. The quantitative estimate of drug-likeness (QED) is 0.856. The maximum atomic E-state index is 9.60. The van der Waals surface area contributed by atoms with Gasteiger partial charge in [0.2, 0.25) is 0 Å². The first kappa shape index (κ1) is 14.4. The third-order valence-electron chi connectivity index (χ3n) is 3.92. The number of pyridine rings is 1. The molecule has 0 aromatic carbocycles. The van der Waals surface area contributed by atoms with Crippen LogP contribution < -0.4 is 5.32 Å². The summed E-state index contributed by atoms with van der Waals surface area (Å²) in [6.07, 6.45) is 7.12. The highest BCUT2D eigenvalue weighted by Crippen LogP contribution is 2.30. The number of hydrogen-bond acceptors (Lipinski definition) is 4. The van der Waals surface area contributed by atoms with Crippen molar-refractivity contribution in [1.82, 2.24) is 14.8 Å². The summed E-state index contributed by atoms with van der Waals surface area (Å²) in [5.41, 5.74) is 2.78. The summed E-state index contributed by atoms with van der Waals surface area (Å²) in [6, 6.07) is 4.16. The van der Waals surface area contributed by atoms with Gasteiger partial charge < -0.3 is 10.4 Å². The fraction of sp³-hybridized carbons (Fsp3) is 0.467. The van der Waals surface area contributed by atoms with Gasteiger partial charge in [0.25, 0.3) is 0 Å². The number of nitrogens with zero attached hydrogens (tertiary/aromatic N) is 3. The normalized spacial score (nSPS) is 22.2. The molecular formula is C15H19ClN4O. The van der Waals surface area contributed by atoms with Crippen molar-refractivity contribution in [3.8, 4) is 11.3 Å². The first-order valence-electron chi connectivity index (χ1n) is 7.22. The average Bonchev–Trinajstić information content (AvgIpc) is 2.88. The number of hydrogen-bond donors (Lipinski definition) is 2. The monoisotopic (exact) mass is 306 g/mol. The van der Waals surface area contributed by atoms with Crippen LogP contribution in [0, 0.1) is 0 Å². The molecule has 2 heterocycles. The molecule has 2 N–H and O–H groups in total. The number of aryl methyl sites for hydroxylation is 1. The van der Waals surface area contributed by atoms with E-state index < -0.39 is 0 Å². The molecule has 0 aliphatic heterocycles. The van der Waals surface area contributed by atoms with Crippen LogP contribution in [0.2, 0.25) is 5.15 Å². The lowest BCUT2D eigenvalue weighted by atomic mass is 9.93. The molecule has 5 nitrogen and oxygen atoms in total. The summed E-state index contributed by atoms with van der Waals surface area (Å²) < 4.78 is 1.77. The van der Waals surface area contributed by atoms with E-state index >= 15 is 0 Å². The second-order valence-electron chi connectivity index (χ2n) is 5.58. The summed E-state index contributed by atoms with van der Waals surface area (Å²) in [5, 5.41) is 18.0. The molecule has 0 amide bonds. The van der Waals surface area contributed by atoms with Crippen molar-refractivity contribution in [2.45, 2.75) is 37.8 Å². The van der Waals surface area contributed by atoms with E-state index in [0.717, 1.165) is 42.6 Å². The lowest BCUT2D eigenvalue weighted by Gasteiger charge is -2.27. The number of nitrogens with one attached hydrogen (secondary N) is 1. The van der Waals surface area contributed by atoms with Gasteiger partial charge in [-0.15, -0.1) is 0 Å². The van der Waals surface area contributed by atoms with Crippen LogP contribution in [-0.4, -0.2) is 32.0 Å². The zero-order valence-electron chi connectivity index (χ0n) is 12.0. The average molecular weight is 307 g/mol. The predicted molar refractivity (Wildman–Crippen MR) is 83.3 cm³/mol. The van der Waals surface area contributed by atoms with Crippen molar-refractivity contribution >= 4 is 17.3 Å². The first-order valence-corrected chi connectivity index (χ1v) is 7.60. The van der Waals surface area contributed by atoms with Crippen molar-refractivity contribution in [2.24, 2.45) is 7.05 Å². The number of anilines is 1. The molecule has 21 heavy (non-hydrogen) atoms. The minimum atomic E-state index is -0.153. The highest BCUT2D eigenvalue weighted by Gasteiger charge is 2.20. The van der Waals surface area contributed by atoms with E-state index in [1.807, 2.05) is 25.4 Å². The van der Waals surface area contributed by atoms with E-state index in [0.29, 0.717) is 11.2 Å². The van der Waals surface area contributed by atoms with E-state index in [2.05, 4.69) is 15.4 Å². The van der Waals surface area contributed by atoms with E-state index in [1.54, 1.807) is 10.9 Å². The third kappa shape index (κ3) is 3.36. The molecular weight excluding hydrogens is 288 g/mol. The highest BCUT2D eigenvalue weighted by molar-refractivity contribution is 6.29. The highest BCUT2D eigenvalue weighted by atomic mass is 35.5. The Morgan fingerprint density at radius 2 is 2.10 bits per heavy atom. The van der Waals surface area contributed by atoms with Gasteiger partial charge in [-0.2, -0.15) is 5.10 Å². The smallest absolute Gasteiger partial charge is 0.131 e. The van der Waals surface area contributed by atoms with E-state index in [4.69, 9.17) is 11.6 Å². The lowest BCUT2D eigenvalue weighted by molar-refractivity contribution is 0.126. The first-order chi connectivity index (χ1) is 10.1. The molecule has 0 saturated heterocycles. The van der Waals surface area contributed by atoms with Gasteiger partial charge in [0.15, 0.2) is 0 Å². The summed E-state index contributed by atoms with van der Waals surface area (Å²) in [7, 11) is 1.89. The Morgan fingerprint density at radius 3 is 2.76 bits per heavy atom. The molecule has 1 saturated carbocycles. The van der Waals surface area contributed by atoms with Crippen LogP contribution in [0.25, 0.3) is 11.3 Å². The molecule has 0 spiro atoms. The Hall–Kier alpha value is -1.59. The van der Waals surface area contributed by atoms with Crippen molar-refractivity contribution in [1.29, 1.82) is 0 Å². The molecule has 1 fully saturated rings. The summed E-state index contributed by atoms with van der Waals surface area (Å²) in [4.78, 5) is 4.17. The molecule has 3 rings (SSSR count). The van der Waals surface area contributed by atoms with Crippen LogP contribution in [0.1, 0.15) is 25.7 Å². The Bertz CT molecular complexity index is 620. The topological polar surface area (TPSA) is 63.0 Å². The van der Waals surface area contributed by atoms with E-state index in [-0.39, 0.29) is 6.10 Å². The van der Waals surface area contributed by atoms with Crippen LogP contribution in [0.3, 0.4) is 0 Å². The van der Waals surface area contributed by atoms with E-state index in [9.17, 15) is 5.11 Å². The van der Waals surface area contributed by atoms with Gasteiger partial charge in [0, 0.05) is 36.7 Å². The van der Waals surface area contributed by atoms with Crippen LogP contribution >= 0.6 is 11.6 Å². The van der Waals surface area contributed by atoms with Gasteiger partial charge in [-0.05, 0) is 37.8 Å². The summed E-state index contributed by atoms with van der Waals surface area (Å²) >= 11 is 6.03. The van der Waals surface area contributed by atoms with Crippen molar-refractivity contribution in [2.75, 3.05) is 5.32 Å². The maximum Gasteiger partial charge on any atom is 0.131 e. The number of aliphatic hydroxyl groups excluding tert-OH is 1. The number of aliphatic hydroxyl groups is 1. The van der Waals surface area contributed by atoms with Gasteiger partial charge in [-0.1, -0.05) is 11.6 Å². The van der Waals surface area contributed by atoms with Gasteiger partial charge in [-0.25, -0.2) is 4.98 Å². The van der Waals surface area contributed by atoms with Gasteiger partial charge in [0.1, 0.15) is 5.15 Å². The standard InChI is InChI=1S/C15H19ClN4O/c1-20-7-6-13(19-20)12-9-17-15(16)8-14(12)18-10-2-4-11(21)5-3-10/h6-11,21H,2-5H2,1H3,(H,17,18). The molecule has 0 bridgehead atoms. The third-order valence-corrected chi connectivity index (χ3v) is 4.12. The zero-order chi connectivity index (χ0) is 14.8. The minimum absolute atomic E-state index is 0.153. The number of rotatable bonds is 3. The number of aromatic nitrogens is 3. The molecule has 0 radical (unpaired) electrons. The molecule has 1 aliphatic carbocycles. The number of halogens is 1. The van der Waals surface area contributed by atoms with Crippen LogP contribution in [0.4, 0.5) is 5.69 Å². The molecule has 2 aromatic heterocycles. The molecule has 112 valence electrons. The van der Waals surface area contributed by atoms with Crippen LogP contribution in [0.5, 0.6) is 0 Å². The molecule has 6 heteroatoms. The fourth-order valence-electron chi connectivity index (χ4n) is 2.75. The minimum Gasteiger partial charge on any atom is -0.393 e. The summed E-state index contributed by atoms with van der Waals surface area (Å²) in [6.45, 7) is 0. The molecule has 0 atom stereocenters. The summed E-state index contributed by atoms with van der Waals surface area (Å²) in [5.74, 6) is 0. The molecule has 0 unspecified atom stereocenters. The Kier molecular flexibility index (Phi) is 4.12. The lowest BCUT2D eigenvalue weighted by Crippen LogP contribution is -2.28. The molecule has 2 aromatic rings. The van der Waals surface area contributed by atoms with Crippen molar-refractivity contribution in [3.05, 3.63) is 29.7 Å². The Morgan fingerprint density at radius 1 is 1.33 bits per heavy atom. The van der Waals surface area contributed by atoms with Crippen molar-refractivity contribution in [3.63, 3.8) is 0 Å². The predicted octanol–water partition coefficient (Wildman–Crippen LogP) is 2.85. The maximum absolute atomic E-state index is 9.60. The Labute approximate surface area is 129 Å². The fourth-order valence-corrected chi connectivity index (χ4v) is 2.91.